The number of hydrogen-bond donors (Lipinski definition) is 1. The molecule has 3 rings (SSSR count). The van der Waals surface area contributed by atoms with E-state index in [9.17, 15) is 5.11 Å². The third-order valence-electron chi connectivity index (χ3n) is 4.18. The summed E-state index contributed by atoms with van der Waals surface area (Å²) < 4.78 is 0. The molecule has 0 saturated carbocycles. The molecule has 0 aromatic heterocycles. The molecule has 0 spiro atoms. The Labute approximate surface area is 136 Å². The minimum absolute atomic E-state index is 0.265. The smallest absolute Gasteiger partial charge is 0.115 e. The number of rotatable bonds is 1. The first kappa shape index (κ1) is 15.1. The maximum atomic E-state index is 9.29. The summed E-state index contributed by atoms with van der Waals surface area (Å²) >= 11 is 1.96. The third-order valence-corrected chi connectivity index (χ3v) is 5.36. The van der Waals surface area contributed by atoms with Gasteiger partial charge < -0.3 is 5.11 Å². The molecule has 2 aromatic carbocycles. The summed E-state index contributed by atoms with van der Waals surface area (Å²) in [6.07, 6.45) is 2.00. The van der Waals surface area contributed by atoms with E-state index in [4.69, 9.17) is 0 Å². The summed E-state index contributed by atoms with van der Waals surface area (Å²) in [4.78, 5) is 1.43. The van der Waals surface area contributed by atoms with Crippen molar-refractivity contribution in [3.05, 3.63) is 59.2 Å². The van der Waals surface area contributed by atoms with Gasteiger partial charge in [0.1, 0.15) is 5.75 Å². The van der Waals surface area contributed by atoms with Gasteiger partial charge >= 0.3 is 0 Å². The third kappa shape index (κ3) is 3.15. The summed E-state index contributed by atoms with van der Waals surface area (Å²) in [5, 5.41) is 9.29. The van der Waals surface area contributed by atoms with Crippen LogP contribution in [0.5, 0.6) is 5.75 Å². The Kier molecular flexibility index (Phi) is 4.18. The van der Waals surface area contributed by atoms with Crippen LogP contribution in [-0.4, -0.2) is 10.9 Å². The fourth-order valence-electron chi connectivity index (χ4n) is 2.76. The van der Waals surface area contributed by atoms with Gasteiger partial charge in [0.2, 0.25) is 0 Å². The molecule has 2 aromatic rings. The lowest BCUT2D eigenvalue weighted by molar-refractivity contribution is 0.475. The Hall–Kier alpha value is -1.85. The highest BCUT2D eigenvalue weighted by Crippen LogP contribution is 2.43. The number of phenolic OH excluding ortho intramolecular Hbond substituents is 1. The molecule has 0 fully saturated rings. The summed E-state index contributed by atoms with van der Waals surface area (Å²) in [5.41, 5.74) is 4.01. The summed E-state index contributed by atoms with van der Waals surface area (Å²) in [6, 6.07) is 13.7. The number of benzene rings is 2. The van der Waals surface area contributed by atoms with E-state index in [-0.39, 0.29) is 11.2 Å². The van der Waals surface area contributed by atoms with Crippen LogP contribution in [0.15, 0.2) is 47.4 Å². The van der Waals surface area contributed by atoms with Gasteiger partial charge in [0.15, 0.2) is 0 Å². The number of fused-ring (bicyclic) bond motifs is 1. The van der Waals surface area contributed by atoms with Crippen LogP contribution in [0.2, 0.25) is 0 Å². The molecule has 1 aliphatic rings. The second-order valence-electron chi connectivity index (χ2n) is 6.30. The number of phenols is 1. The Morgan fingerprint density at radius 3 is 2.68 bits per heavy atom. The molecule has 1 nitrogen and oxygen atoms in total. The largest absolute Gasteiger partial charge is 0.508 e. The first-order valence-corrected chi connectivity index (χ1v) is 8.58. The summed E-state index contributed by atoms with van der Waals surface area (Å²) in [6.45, 7) is 4.66. The Morgan fingerprint density at radius 2 is 1.91 bits per heavy atom. The van der Waals surface area contributed by atoms with Gasteiger partial charge in [0.05, 0.1) is 0 Å². The topological polar surface area (TPSA) is 20.2 Å². The van der Waals surface area contributed by atoms with Crippen LogP contribution in [0.25, 0.3) is 0 Å². The first-order chi connectivity index (χ1) is 10.6. The van der Waals surface area contributed by atoms with E-state index in [1.54, 1.807) is 12.1 Å². The minimum atomic E-state index is 0.265. The zero-order chi connectivity index (χ0) is 15.6. The fourth-order valence-corrected chi connectivity index (χ4v) is 4.40. The monoisotopic (exact) mass is 308 g/mol. The lowest BCUT2D eigenvalue weighted by atomic mass is 9.81. The van der Waals surface area contributed by atoms with Crippen LogP contribution in [0, 0.1) is 11.8 Å². The van der Waals surface area contributed by atoms with E-state index in [1.807, 2.05) is 23.9 Å². The highest BCUT2D eigenvalue weighted by atomic mass is 32.2. The van der Waals surface area contributed by atoms with Gasteiger partial charge in [-0.15, -0.1) is 11.8 Å². The number of hydrogen-bond acceptors (Lipinski definition) is 2. The predicted octanol–water partition coefficient (Wildman–Crippen LogP) is 4.76. The Balaban J connectivity index is 1.84. The molecule has 0 bridgehead atoms. The van der Waals surface area contributed by atoms with Crippen LogP contribution in [0.4, 0.5) is 0 Å². The molecule has 0 saturated heterocycles. The molecule has 0 unspecified atom stereocenters. The van der Waals surface area contributed by atoms with Gasteiger partial charge in [-0.05, 0) is 53.0 Å². The Morgan fingerprint density at radius 1 is 1.14 bits per heavy atom. The van der Waals surface area contributed by atoms with E-state index in [2.05, 4.69) is 43.9 Å². The van der Waals surface area contributed by atoms with Crippen molar-refractivity contribution in [2.45, 2.75) is 37.0 Å². The normalized spacial score (nSPS) is 15.5. The molecule has 22 heavy (non-hydrogen) atoms. The summed E-state index contributed by atoms with van der Waals surface area (Å²) in [7, 11) is 0. The standard InChI is InChI=1S/C20H20OS/c1-20(2)13-14-22-19-16(7-4-8-18(19)20)6-3-5-15-9-11-17(21)12-10-15/h4,7-12,21H,6,13-14H2,1-2H3. The molecule has 1 N–H and O–H groups in total. The zero-order valence-corrected chi connectivity index (χ0v) is 13.8. The van der Waals surface area contributed by atoms with Gasteiger partial charge in [-0.25, -0.2) is 0 Å². The average Bonchev–Trinajstić information content (AvgIpc) is 2.50. The maximum Gasteiger partial charge on any atom is 0.115 e. The van der Waals surface area contributed by atoms with Gasteiger partial charge in [0.25, 0.3) is 0 Å². The van der Waals surface area contributed by atoms with Crippen LogP contribution >= 0.6 is 11.8 Å². The van der Waals surface area contributed by atoms with E-state index < -0.39 is 0 Å². The highest BCUT2D eigenvalue weighted by molar-refractivity contribution is 7.99. The van der Waals surface area contributed by atoms with Gasteiger partial charge in [0, 0.05) is 16.9 Å². The lowest BCUT2D eigenvalue weighted by Crippen LogP contribution is -2.23. The van der Waals surface area contributed by atoms with Crippen LogP contribution in [-0.2, 0) is 11.8 Å². The van der Waals surface area contributed by atoms with E-state index in [0.717, 1.165) is 12.0 Å². The average molecular weight is 308 g/mol. The SMILES string of the molecule is CC1(C)CCSc2c(CC#Cc3ccc(O)cc3)cccc21. The second kappa shape index (κ2) is 6.10. The molecule has 1 aliphatic heterocycles. The van der Waals surface area contributed by atoms with Crippen molar-refractivity contribution in [3.63, 3.8) is 0 Å². The second-order valence-corrected chi connectivity index (χ2v) is 7.41. The minimum Gasteiger partial charge on any atom is -0.508 e. The Bertz CT molecular complexity index is 733. The molecule has 2 heteroatoms. The van der Waals surface area contributed by atoms with Crippen LogP contribution in [0.3, 0.4) is 0 Å². The van der Waals surface area contributed by atoms with Crippen molar-refractivity contribution in [2.24, 2.45) is 0 Å². The van der Waals surface area contributed by atoms with Gasteiger partial charge in [-0.1, -0.05) is 43.9 Å². The molecule has 112 valence electrons. The predicted molar refractivity (Wildman–Crippen MR) is 93.5 cm³/mol. The molecular formula is C20H20OS. The summed E-state index contributed by atoms with van der Waals surface area (Å²) in [5.74, 6) is 7.91. The van der Waals surface area contributed by atoms with Gasteiger partial charge in [-0.2, -0.15) is 0 Å². The molecular weight excluding hydrogens is 288 g/mol. The number of thioether (sulfide) groups is 1. The van der Waals surface area contributed by atoms with Crippen molar-refractivity contribution in [3.8, 4) is 17.6 Å². The van der Waals surface area contributed by atoms with Crippen LogP contribution in [0.1, 0.15) is 37.0 Å². The van der Waals surface area contributed by atoms with Crippen molar-refractivity contribution in [1.82, 2.24) is 0 Å². The van der Waals surface area contributed by atoms with E-state index >= 15 is 0 Å². The van der Waals surface area contributed by atoms with Crippen molar-refractivity contribution in [2.75, 3.05) is 5.75 Å². The zero-order valence-electron chi connectivity index (χ0n) is 13.0. The fraction of sp³-hybridized carbons (Fsp3) is 0.300. The quantitative estimate of drug-likeness (QED) is 0.767. The molecule has 1 heterocycles. The lowest BCUT2D eigenvalue weighted by Gasteiger charge is -2.33. The van der Waals surface area contributed by atoms with Gasteiger partial charge in [-0.3, -0.25) is 0 Å². The highest BCUT2D eigenvalue weighted by Gasteiger charge is 2.28. The first-order valence-electron chi connectivity index (χ1n) is 7.59. The van der Waals surface area contributed by atoms with E-state index in [1.165, 1.54) is 28.2 Å². The van der Waals surface area contributed by atoms with Crippen molar-refractivity contribution >= 4 is 11.8 Å². The molecule has 0 amide bonds. The van der Waals surface area contributed by atoms with Crippen molar-refractivity contribution in [1.29, 1.82) is 0 Å². The number of aromatic hydroxyl groups is 1. The van der Waals surface area contributed by atoms with E-state index in [0.29, 0.717) is 0 Å². The van der Waals surface area contributed by atoms with Crippen LogP contribution < -0.4 is 0 Å². The maximum absolute atomic E-state index is 9.29. The molecule has 0 radical (unpaired) electrons. The van der Waals surface area contributed by atoms with Crippen molar-refractivity contribution < 1.29 is 5.11 Å². The molecule has 0 atom stereocenters. The molecule has 0 aliphatic carbocycles.